The van der Waals surface area contributed by atoms with Crippen LogP contribution in [0.1, 0.15) is 59.8 Å². The molecule has 13 nitrogen and oxygen atoms in total. The molecule has 2 amide bonds. The Morgan fingerprint density at radius 2 is 1.88 bits per heavy atom. The summed E-state index contributed by atoms with van der Waals surface area (Å²) in [7, 11) is 0. The molecule has 33 heavy (non-hydrogen) atoms. The maximum atomic E-state index is 13.1. The number of amides is 2. The fourth-order valence-electron chi connectivity index (χ4n) is 3.39. The van der Waals surface area contributed by atoms with Gasteiger partial charge in [-0.1, -0.05) is 5.43 Å². The van der Waals surface area contributed by atoms with E-state index in [9.17, 15) is 24.5 Å². The quantitative estimate of drug-likeness (QED) is 0.0907. The summed E-state index contributed by atoms with van der Waals surface area (Å²) in [6, 6.07) is -0.822. The van der Waals surface area contributed by atoms with Gasteiger partial charge in [-0.15, -0.1) is 0 Å². The summed E-state index contributed by atoms with van der Waals surface area (Å²) in [4.78, 5) is 48.3. The zero-order chi connectivity index (χ0) is 25.0. The van der Waals surface area contributed by atoms with E-state index in [2.05, 4.69) is 10.6 Å². The van der Waals surface area contributed by atoms with Gasteiger partial charge in [0.15, 0.2) is 5.03 Å². The van der Waals surface area contributed by atoms with Crippen LogP contribution in [0.25, 0.3) is 0 Å². The molecule has 188 valence electrons. The Kier molecular flexibility index (Phi) is 11.4. The largest absolute Gasteiger partial charge is 0.466 e. The van der Waals surface area contributed by atoms with Gasteiger partial charge in [-0.2, -0.15) is 0 Å². The number of piperidine rings is 1. The van der Waals surface area contributed by atoms with Gasteiger partial charge in [0, 0.05) is 26.6 Å². The van der Waals surface area contributed by atoms with Gasteiger partial charge in [0.2, 0.25) is 5.91 Å². The second kappa shape index (κ2) is 13.4. The van der Waals surface area contributed by atoms with Gasteiger partial charge < -0.3 is 25.0 Å². The first-order valence-electron chi connectivity index (χ1n) is 11.0. The van der Waals surface area contributed by atoms with E-state index in [1.165, 1.54) is 6.92 Å². The third-order valence-corrected chi connectivity index (χ3v) is 4.92. The number of carbonyl (C=O) groups is 3. The van der Waals surface area contributed by atoms with E-state index in [4.69, 9.17) is 14.9 Å². The van der Waals surface area contributed by atoms with E-state index in [-0.39, 0.29) is 24.8 Å². The van der Waals surface area contributed by atoms with E-state index in [0.717, 1.165) is 19.3 Å². The number of likely N-dealkylation sites (tertiary alicyclic amines) is 1. The van der Waals surface area contributed by atoms with Crippen molar-refractivity contribution < 1.29 is 28.9 Å². The number of esters is 1. The first-order chi connectivity index (χ1) is 15.4. The Morgan fingerprint density at radius 3 is 2.42 bits per heavy atom. The fraction of sp³-hybridized carbons (Fsp3) is 0.800. The lowest BCUT2D eigenvalue weighted by Gasteiger charge is -2.34. The van der Waals surface area contributed by atoms with Crippen LogP contribution in [0.3, 0.4) is 0 Å². The number of hydrogen-bond acceptors (Lipinski definition) is 8. The Labute approximate surface area is 193 Å². The van der Waals surface area contributed by atoms with E-state index in [1.807, 2.05) is 0 Å². The summed E-state index contributed by atoms with van der Waals surface area (Å²) in [5, 5.41) is 22.1. The molecule has 1 unspecified atom stereocenters. The third kappa shape index (κ3) is 12.5. The molecule has 1 rings (SSSR count). The SMILES string of the molecule is CC(=O)OCCC1CCN(C(=O)C(CCCNC(=N)N[N+](=O)[O-])NC(=O)OC(C)(C)C)CC1. The van der Waals surface area contributed by atoms with Crippen molar-refractivity contribution in [2.24, 2.45) is 5.92 Å². The van der Waals surface area contributed by atoms with E-state index >= 15 is 0 Å². The van der Waals surface area contributed by atoms with Gasteiger partial charge in [-0.3, -0.25) is 15.0 Å². The molecule has 1 heterocycles. The molecule has 0 aromatic rings. The number of carbonyl (C=O) groups excluding carboxylic acids is 3. The number of ether oxygens (including phenoxy) is 2. The summed E-state index contributed by atoms with van der Waals surface area (Å²) in [6.45, 7) is 8.18. The molecule has 0 saturated carbocycles. The van der Waals surface area contributed by atoms with Crippen molar-refractivity contribution in [3.05, 3.63) is 10.1 Å². The van der Waals surface area contributed by atoms with Crippen LogP contribution in [0.2, 0.25) is 0 Å². The van der Waals surface area contributed by atoms with Crippen LogP contribution >= 0.6 is 0 Å². The van der Waals surface area contributed by atoms with Gasteiger partial charge >= 0.3 is 12.1 Å². The number of hydrogen-bond donors (Lipinski definition) is 4. The third-order valence-electron chi connectivity index (χ3n) is 4.92. The van der Waals surface area contributed by atoms with Gasteiger partial charge in [-0.25, -0.2) is 14.9 Å². The van der Waals surface area contributed by atoms with Crippen molar-refractivity contribution in [1.82, 2.24) is 21.0 Å². The molecule has 4 N–H and O–H groups in total. The number of nitrogens with zero attached hydrogens (tertiary/aromatic N) is 2. The molecule has 0 aliphatic carbocycles. The lowest BCUT2D eigenvalue weighted by atomic mass is 9.93. The van der Waals surface area contributed by atoms with Crippen LogP contribution in [-0.2, 0) is 19.1 Å². The number of nitro groups is 1. The zero-order valence-electron chi connectivity index (χ0n) is 19.8. The number of hydrazine groups is 1. The van der Waals surface area contributed by atoms with Crippen molar-refractivity contribution in [3.8, 4) is 0 Å². The number of nitrogens with one attached hydrogen (secondary N) is 4. The molecule has 1 aliphatic heterocycles. The topological polar surface area (TPSA) is 176 Å². The van der Waals surface area contributed by atoms with E-state index < -0.39 is 28.7 Å². The molecule has 1 atom stereocenters. The van der Waals surface area contributed by atoms with Crippen LogP contribution in [0.4, 0.5) is 4.79 Å². The minimum atomic E-state index is -0.846. The molecule has 0 aromatic heterocycles. The van der Waals surface area contributed by atoms with Crippen LogP contribution < -0.4 is 16.1 Å². The average Bonchev–Trinajstić information content (AvgIpc) is 2.68. The number of alkyl carbamates (subject to hydrolysis) is 1. The maximum absolute atomic E-state index is 13.1. The Bertz CT molecular complexity index is 702. The van der Waals surface area contributed by atoms with Crippen LogP contribution in [0.15, 0.2) is 0 Å². The van der Waals surface area contributed by atoms with Crippen molar-refractivity contribution in [3.63, 3.8) is 0 Å². The predicted molar refractivity (Wildman–Crippen MR) is 119 cm³/mol. The molecule has 1 aliphatic rings. The summed E-state index contributed by atoms with van der Waals surface area (Å²) >= 11 is 0. The molecule has 0 bridgehead atoms. The first kappa shape index (κ1) is 27.9. The molecular weight excluding hydrogens is 436 g/mol. The highest BCUT2D eigenvalue weighted by Crippen LogP contribution is 2.21. The molecule has 1 saturated heterocycles. The molecule has 1 fully saturated rings. The van der Waals surface area contributed by atoms with Gasteiger partial charge in [-0.05, 0) is 58.8 Å². The fourth-order valence-corrected chi connectivity index (χ4v) is 3.39. The van der Waals surface area contributed by atoms with E-state index in [0.29, 0.717) is 32.0 Å². The second-order valence-electron chi connectivity index (χ2n) is 8.91. The monoisotopic (exact) mass is 472 g/mol. The predicted octanol–water partition coefficient (Wildman–Crippen LogP) is 1.16. The molecule has 13 heteroatoms. The highest BCUT2D eigenvalue weighted by molar-refractivity contribution is 5.85. The lowest BCUT2D eigenvalue weighted by Crippen LogP contribution is -2.51. The Balaban J connectivity index is 2.61. The minimum Gasteiger partial charge on any atom is -0.466 e. The summed E-state index contributed by atoms with van der Waals surface area (Å²) in [6.07, 6.45) is 2.25. The normalized spacial score (nSPS) is 15.2. The van der Waals surface area contributed by atoms with Crippen molar-refractivity contribution >= 4 is 23.9 Å². The van der Waals surface area contributed by atoms with Crippen molar-refractivity contribution in [2.75, 3.05) is 26.2 Å². The Morgan fingerprint density at radius 1 is 1.24 bits per heavy atom. The van der Waals surface area contributed by atoms with Crippen LogP contribution in [0, 0.1) is 21.4 Å². The van der Waals surface area contributed by atoms with Crippen LogP contribution in [-0.4, -0.2) is 71.7 Å². The summed E-state index contributed by atoms with van der Waals surface area (Å²) < 4.78 is 10.3. The highest BCUT2D eigenvalue weighted by Gasteiger charge is 2.30. The molecular formula is C20H36N6O7. The zero-order valence-corrected chi connectivity index (χ0v) is 19.8. The van der Waals surface area contributed by atoms with Crippen molar-refractivity contribution in [1.29, 1.82) is 5.41 Å². The Hall–Kier alpha value is -3.12. The smallest absolute Gasteiger partial charge is 0.408 e. The van der Waals surface area contributed by atoms with Gasteiger partial charge in [0.25, 0.3) is 5.96 Å². The van der Waals surface area contributed by atoms with E-state index in [1.54, 1.807) is 31.1 Å². The first-order valence-corrected chi connectivity index (χ1v) is 11.0. The maximum Gasteiger partial charge on any atom is 0.408 e. The molecule has 0 radical (unpaired) electrons. The van der Waals surface area contributed by atoms with Crippen molar-refractivity contribution in [2.45, 2.75) is 71.4 Å². The highest BCUT2D eigenvalue weighted by atomic mass is 16.7. The minimum absolute atomic E-state index is 0.206. The summed E-state index contributed by atoms with van der Waals surface area (Å²) in [5.41, 5.74) is 0.971. The van der Waals surface area contributed by atoms with Gasteiger partial charge in [0.05, 0.1) is 6.61 Å². The summed E-state index contributed by atoms with van der Waals surface area (Å²) in [5.74, 6) is -0.635. The average molecular weight is 473 g/mol. The van der Waals surface area contributed by atoms with Crippen LogP contribution in [0.5, 0.6) is 0 Å². The van der Waals surface area contributed by atoms with Gasteiger partial charge in [0.1, 0.15) is 11.6 Å². The second-order valence-corrected chi connectivity index (χ2v) is 8.91. The standard InChI is InChI=1S/C20H36N6O7/c1-14(27)32-13-9-15-7-11-25(12-8-15)17(28)16(23-19(29)33-20(2,3)4)6-5-10-22-18(21)24-26(30)31/h15-16H,5-13H2,1-4H3,(H,23,29)(H3,21,22,24). The number of guanidine groups is 1. The number of rotatable bonds is 10. The molecule has 0 spiro atoms. The lowest BCUT2D eigenvalue weighted by molar-refractivity contribution is -0.525. The molecule has 0 aromatic carbocycles.